The van der Waals surface area contributed by atoms with Crippen molar-refractivity contribution in [2.45, 2.75) is 18.9 Å². The highest BCUT2D eigenvalue weighted by Crippen LogP contribution is 2.27. The van der Waals surface area contributed by atoms with Gasteiger partial charge in [0.05, 0.1) is 5.02 Å². The van der Waals surface area contributed by atoms with Crippen molar-refractivity contribution in [1.29, 1.82) is 0 Å². The van der Waals surface area contributed by atoms with E-state index in [9.17, 15) is 8.78 Å². The topological polar surface area (TPSA) is 46.2 Å². The second-order valence-corrected chi connectivity index (χ2v) is 3.64. The van der Waals surface area contributed by atoms with Crippen LogP contribution in [0.4, 0.5) is 8.78 Å². The molecule has 1 aromatic carbocycles. The monoisotopic (exact) mass is 271 g/mol. The molecule has 6 heteroatoms. The molecule has 0 heterocycles. The number of rotatable bonds is 4. The first-order chi connectivity index (χ1) is 7.07. The summed E-state index contributed by atoms with van der Waals surface area (Å²) in [6.07, 6.45) is 0.706. The lowest BCUT2D eigenvalue weighted by Gasteiger charge is -2.13. The third-order valence-electron chi connectivity index (χ3n) is 2.12. The molecule has 0 fully saturated rings. The smallest absolute Gasteiger partial charge is 0.149 e. The van der Waals surface area contributed by atoms with E-state index < -0.39 is 17.7 Å². The van der Waals surface area contributed by atoms with Gasteiger partial charge in [-0.05, 0) is 25.0 Å². The largest absolute Gasteiger partial charge is 0.396 e. The predicted molar refractivity (Wildman–Crippen MR) is 61.9 cm³/mol. The first-order valence-corrected chi connectivity index (χ1v) is 4.95. The Morgan fingerprint density at radius 3 is 2.56 bits per heavy atom. The maximum absolute atomic E-state index is 13.4. The van der Waals surface area contributed by atoms with E-state index in [1.807, 2.05) is 0 Å². The fourth-order valence-corrected chi connectivity index (χ4v) is 1.50. The van der Waals surface area contributed by atoms with Gasteiger partial charge in [-0.15, -0.1) is 12.4 Å². The summed E-state index contributed by atoms with van der Waals surface area (Å²) >= 11 is 5.52. The van der Waals surface area contributed by atoms with Crippen LogP contribution in [0, 0.1) is 11.6 Å². The van der Waals surface area contributed by atoms with Crippen molar-refractivity contribution in [2.75, 3.05) is 6.61 Å². The normalized spacial score (nSPS) is 12.1. The molecule has 0 aromatic heterocycles. The molecule has 1 rings (SSSR count). The lowest BCUT2D eigenvalue weighted by atomic mass is 10.0. The zero-order valence-electron chi connectivity index (χ0n) is 8.42. The molecule has 0 bridgehead atoms. The molecule has 0 aliphatic rings. The standard InChI is InChI=1S/C10H12ClF2NO.ClH/c11-6-3-4-7(12)9(10(6)13)8(14)2-1-5-15;/h3-4,8,15H,1-2,5,14H2;1H/t8-;/m1./s1. The van der Waals surface area contributed by atoms with Crippen LogP contribution >= 0.6 is 24.0 Å². The molecule has 0 saturated heterocycles. The first kappa shape index (κ1) is 15.6. The Morgan fingerprint density at radius 1 is 1.38 bits per heavy atom. The van der Waals surface area contributed by atoms with Crippen LogP contribution in [-0.4, -0.2) is 11.7 Å². The predicted octanol–water partition coefficient (Wildman–Crippen LogP) is 2.81. The summed E-state index contributed by atoms with van der Waals surface area (Å²) in [5.74, 6) is -1.52. The summed E-state index contributed by atoms with van der Waals surface area (Å²) in [6.45, 7) is -0.0580. The summed E-state index contributed by atoms with van der Waals surface area (Å²) in [6, 6.07) is 1.45. The van der Waals surface area contributed by atoms with Crippen molar-refractivity contribution in [3.05, 3.63) is 34.4 Å². The van der Waals surface area contributed by atoms with Gasteiger partial charge in [0, 0.05) is 18.2 Å². The molecule has 16 heavy (non-hydrogen) atoms. The minimum Gasteiger partial charge on any atom is -0.396 e. The molecule has 0 radical (unpaired) electrons. The number of aliphatic hydroxyl groups is 1. The molecule has 1 atom stereocenters. The van der Waals surface area contributed by atoms with E-state index in [2.05, 4.69) is 0 Å². The fourth-order valence-electron chi connectivity index (χ4n) is 1.34. The molecule has 0 aliphatic heterocycles. The molecule has 0 amide bonds. The maximum Gasteiger partial charge on any atom is 0.149 e. The third kappa shape index (κ3) is 3.56. The summed E-state index contributed by atoms with van der Waals surface area (Å²) < 4.78 is 26.7. The van der Waals surface area contributed by atoms with Gasteiger partial charge in [0.15, 0.2) is 0 Å². The Hall–Kier alpha value is -0.420. The van der Waals surface area contributed by atoms with Crippen LogP contribution < -0.4 is 5.73 Å². The number of aliphatic hydroxyl groups excluding tert-OH is 1. The molecule has 0 saturated carbocycles. The molecular formula is C10H13Cl2F2NO. The zero-order chi connectivity index (χ0) is 11.4. The molecule has 2 nitrogen and oxygen atoms in total. The van der Waals surface area contributed by atoms with Gasteiger partial charge in [-0.3, -0.25) is 0 Å². The quantitative estimate of drug-likeness (QED) is 0.828. The van der Waals surface area contributed by atoms with Crippen molar-refractivity contribution in [3.63, 3.8) is 0 Å². The minimum atomic E-state index is -0.817. The highest BCUT2D eigenvalue weighted by molar-refractivity contribution is 6.30. The van der Waals surface area contributed by atoms with Gasteiger partial charge >= 0.3 is 0 Å². The van der Waals surface area contributed by atoms with Gasteiger partial charge in [0.2, 0.25) is 0 Å². The van der Waals surface area contributed by atoms with Crippen molar-refractivity contribution in [3.8, 4) is 0 Å². The van der Waals surface area contributed by atoms with Crippen molar-refractivity contribution in [1.82, 2.24) is 0 Å². The molecule has 3 N–H and O–H groups in total. The van der Waals surface area contributed by atoms with Crippen LogP contribution in [0.15, 0.2) is 12.1 Å². The lowest BCUT2D eigenvalue weighted by molar-refractivity contribution is 0.279. The van der Waals surface area contributed by atoms with E-state index >= 15 is 0 Å². The SMILES string of the molecule is Cl.N[C@H](CCCO)c1c(F)ccc(Cl)c1F. The van der Waals surface area contributed by atoms with Crippen LogP contribution in [0.2, 0.25) is 5.02 Å². The van der Waals surface area contributed by atoms with Crippen LogP contribution in [0.3, 0.4) is 0 Å². The average molecular weight is 272 g/mol. The van der Waals surface area contributed by atoms with Crippen LogP contribution in [0.25, 0.3) is 0 Å². The van der Waals surface area contributed by atoms with E-state index in [-0.39, 0.29) is 29.6 Å². The Morgan fingerprint density at radius 2 is 2.00 bits per heavy atom. The van der Waals surface area contributed by atoms with Gasteiger partial charge in [-0.1, -0.05) is 11.6 Å². The van der Waals surface area contributed by atoms with Gasteiger partial charge in [-0.2, -0.15) is 0 Å². The number of nitrogens with two attached hydrogens (primary N) is 1. The number of halogens is 4. The van der Waals surface area contributed by atoms with Crippen LogP contribution in [-0.2, 0) is 0 Å². The summed E-state index contributed by atoms with van der Waals surface area (Å²) in [4.78, 5) is 0. The molecule has 0 aliphatic carbocycles. The average Bonchev–Trinajstić information content (AvgIpc) is 2.21. The Labute approximate surface area is 104 Å². The lowest BCUT2D eigenvalue weighted by Crippen LogP contribution is -2.15. The first-order valence-electron chi connectivity index (χ1n) is 4.57. The Balaban J connectivity index is 0.00000225. The maximum atomic E-state index is 13.4. The van der Waals surface area contributed by atoms with E-state index in [0.717, 1.165) is 12.1 Å². The highest BCUT2D eigenvalue weighted by Gasteiger charge is 2.18. The van der Waals surface area contributed by atoms with Crippen molar-refractivity contribution >= 4 is 24.0 Å². The van der Waals surface area contributed by atoms with Gasteiger partial charge < -0.3 is 10.8 Å². The van der Waals surface area contributed by atoms with Gasteiger partial charge in [-0.25, -0.2) is 8.78 Å². The van der Waals surface area contributed by atoms with Crippen LogP contribution in [0.1, 0.15) is 24.4 Å². The van der Waals surface area contributed by atoms with Crippen molar-refractivity contribution in [2.24, 2.45) is 5.73 Å². The number of hydrogen-bond acceptors (Lipinski definition) is 2. The van der Waals surface area contributed by atoms with E-state index in [1.54, 1.807) is 0 Å². The molecule has 0 unspecified atom stereocenters. The van der Waals surface area contributed by atoms with E-state index in [4.69, 9.17) is 22.4 Å². The Bertz CT molecular complexity index is 350. The second kappa shape index (κ2) is 7.01. The molecular weight excluding hydrogens is 259 g/mol. The number of benzene rings is 1. The molecule has 1 aromatic rings. The van der Waals surface area contributed by atoms with Crippen molar-refractivity contribution < 1.29 is 13.9 Å². The zero-order valence-corrected chi connectivity index (χ0v) is 9.99. The number of hydrogen-bond donors (Lipinski definition) is 2. The van der Waals surface area contributed by atoms with Crippen LogP contribution in [0.5, 0.6) is 0 Å². The highest BCUT2D eigenvalue weighted by atomic mass is 35.5. The minimum absolute atomic E-state index is 0. The third-order valence-corrected chi connectivity index (χ3v) is 2.42. The van der Waals surface area contributed by atoms with E-state index in [1.165, 1.54) is 0 Å². The second-order valence-electron chi connectivity index (χ2n) is 3.23. The fraction of sp³-hybridized carbons (Fsp3) is 0.400. The van der Waals surface area contributed by atoms with Gasteiger partial charge in [0.25, 0.3) is 0 Å². The molecule has 92 valence electrons. The summed E-state index contributed by atoms with van der Waals surface area (Å²) in [7, 11) is 0. The molecule has 0 spiro atoms. The Kier molecular flexibility index (Phi) is 6.83. The van der Waals surface area contributed by atoms with E-state index in [0.29, 0.717) is 12.8 Å². The summed E-state index contributed by atoms with van der Waals surface area (Å²) in [5.41, 5.74) is 5.39. The summed E-state index contributed by atoms with van der Waals surface area (Å²) in [5, 5.41) is 8.44. The van der Waals surface area contributed by atoms with Gasteiger partial charge in [0.1, 0.15) is 11.6 Å².